The number of carboxylic acid groups (broad SMARTS) is 1. The van der Waals surface area contributed by atoms with Crippen molar-refractivity contribution in [2.24, 2.45) is 0 Å². The highest BCUT2D eigenvalue weighted by Crippen LogP contribution is 2.22. The number of rotatable bonds is 2. The molecule has 2 aliphatic rings. The molecule has 1 atom stereocenters. The van der Waals surface area contributed by atoms with Crippen molar-refractivity contribution >= 4 is 23.8 Å². The number of urea groups is 1. The van der Waals surface area contributed by atoms with E-state index >= 15 is 0 Å². The molecule has 2 amide bonds. The minimum atomic E-state index is -0.906. The highest BCUT2D eigenvalue weighted by Gasteiger charge is 2.35. The number of nitrogens with one attached hydrogen (secondary N) is 1. The van der Waals surface area contributed by atoms with Crippen LogP contribution in [0, 0.1) is 0 Å². The lowest BCUT2D eigenvalue weighted by Gasteiger charge is -2.24. The Morgan fingerprint density at radius 2 is 1.83 bits per heavy atom. The summed E-state index contributed by atoms with van der Waals surface area (Å²) < 4.78 is 0. The van der Waals surface area contributed by atoms with Gasteiger partial charge in [-0.25, -0.2) is 9.59 Å². The lowest BCUT2D eigenvalue weighted by molar-refractivity contribution is -0.140. The van der Waals surface area contributed by atoms with Crippen molar-refractivity contribution in [3.05, 3.63) is 0 Å². The molecule has 0 radical (unpaired) electrons. The Morgan fingerprint density at radius 1 is 1.17 bits per heavy atom. The minimum absolute atomic E-state index is 0.209. The van der Waals surface area contributed by atoms with Crippen LogP contribution >= 0.6 is 11.8 Å². The predicted molar refractivity (Wildman–Crippen MR) is 70.6 cm³/mol. The molecule has 0 spiro atoms. The second kappa shape index (κ2) is 6.31. The van der Waals surface area contributed by atoms with Crippen LogP contribution in [0.3, 0.4) is 0 Å². The van der Waals surface area contributed by atoms with Gasteiger partial charge in [-0.1, -0.05) is 25.7 Å². The van der Waals surface area contributed by atoms with E-state index < -0.39 is 12.0 Å². The Hall–Kier alpha value is -0.910. The highest BCUT2D eigenvalue weighted by molar-refractivity contribution is 7.99. The molecule has 0 aromatic rings. The molecule has 1 saturated heterocycles. The molecular formula is C12H20N2O3S. The topological polar surface area (TPSA) is 69.6 Å². The van der Waals surface area contributed by atoms with Gasteiger partial charge < -0.3 is 15.3 Å². The number of thioether (sulfide) groups is 1. The van der Waals surface area contributed by atoms with Gasteiger partial charge in [0.05, 0.1) is 5.88 Å². The molecule has 2 rings (SSSR count). The molecule has 1 aliphatic heterocycles. The van der Waals surface area contributed by atoms with E-state index in [4.69, 9.17) is 5.11 Å². The lowest BCUT2D eigenvalue weighted by Crippen LogP contribution is -2.49. The largest absolute Gasteiger partial charge is 0.480 e. The van der Waals surface area contributed by atoms with Crippen LogP contribution in [0.4, 0.5) is 4.79 Å². The van der Waals surface area contributed by atoms with Gasteiger partial charge in [0, 0.05) is 11.8 Å². The Bertz CT molecular complexity index is 316. The van der Waals surface area contributed by atoms with Crippen LogP contribution in [0.5, 0.6) is 0 Å². The Labute approximate surface area is 111 Å². The Morgan fingerprint density at radius 3 is 2.44 bits per heavy atom. The van der Waals surface area contributed by atoms with Gasteiger partial charge in [0.15, 0.2) is 0 Å². The number of hydrogen-bond donors (Lipinski definition) is 2. The minimum Gasteiger partial charge on any atom is -0.480 e. The number of amides is 2. The van der Waals surface area contributed by atoms with Gasteiger partial charge in [0.25, 0.3) is 0 Å². The summed E-state index contributed by atoms with van der Waals surface area (Å²) in [4.78, 5) is 24.5. The third-order valence-electron chi connectivity index (χ3n) is 3.61. The van der Waals surface area contributed by atoms with Crippen molar-refractivity contribution in [2.45, 2.75) is 50.6 Å². The van der Waals surface area contributed by atoms with E-state index in [0.29, 0.717) is 11.6 Å². The predicted octanol–water partition coefficient (Wildman–Crippen LogP) is 1.88. The van der Waals surface area contributed by atoms with Crippen molar-refractivity contribution in [3.63, 3.8) is 0 Å². The third kappa shape index (κ3) is 3.31. The van der Waals surface area contributed by atoms with Gasteiger partial charge in [-0.3, -0.25) is 0 Å². The molecule has 5 nitrogen and oxygen atoms in total. The van der Waals surface area contributed by atoms with Crippen LogP contribution in [-0.2, 0) is 4.79 Å². The van der Waals surface area contributed by atoms with Gasteiger partial charge in [-0.2, -0.15) is 0 Å². The van der Waals surface area contributed by atoms with Crippen molar-refractivity contribution < 1.29 is 14.7 Å². The van der Waals surface area contributed by atoms with Crippen LogP contribution in [0.25, 0.3) is 0 Å². The van der Waals surface area contributed by atoms with Crippen LogP contribution in [0.1, 0.15) is 38.5 Å². The monoisotopic (exact) mass is 272 g/mol. The van der Waals surface area contributed by atoms with Gasteiger partial charge >= 0.3 is 12.0 Å². The summed E-state index contributed by atoms with van der Waals surface area (Å²) >= 11 is 1.50. The van der Waals surface area contributed by atoms with Crippen molar-refractivity contribution in [1.29, 1.82) is 0 Å². The van der Waals surface area contributed by atoms with E-state index in [9.17, 15) is 9.59 Å². The van der Waals surface area contributed by atoms with E-state index in [0.717, 1.165) is 25.7 Å². The number of aliphatic carboxylic acids is 1. The highest BCUT2D eigenvalue weighted by atomic mass is 32.2. The zero-order chi connectivity index (χ0) is 13.0. The summed E-state index contributed by atoms with van der Waals surface area (Å²) in [6, 6.07) is -0.653. The van der Waals surface area contributed by atoms with Gasteiger partial charge in [0.1, 0.15) is 6.04 Å². The standard InChI is InChI=1S/C12H20N2O3S/c15-11(16)10-7-18-8-14(10)12(17)13-9-5-3-1-2-4-6-9/h9-10H,1-8H2,(H,13,17)(H,15,16)/t10-/m0/s1. The summed E-state index contributed by atoms with van der Waals surface area (Å²) in [5, 5.41) is 12.0. The second-order valence-electron chi connectivity index (χ2n) is 4.96. The Balaban J connectivity index is 1.88. The average Bonchev–Trinajstić information content (AvgIpc) is 2.70. The maximum absolute atomic E-state index is 12.1. The molecule has 1 aliphatic carbocycles. The summed E-state index contributed by atoms with van der Waals surface area (Å²) in [5.41, 5.74) is 0. The molecule has 0 aromatic heterocycles. The maximum atomic E-state index is 12.1. The molecule has 0 bridgehead atoms. The smallest absolute Gasteiger partial charge is 0.327 e. The van der Waals surface area contributed by atoms with Gasteiger partial charge in [0.2, 0.25) is 0 Å². The van der Waals surface area contributed by atoms with Crippen LogP contribution in [-0.4, -0.2) is 45.7 Å². The van der Waals surface area contributed by atoms with E-state index in [1.54, 1.807) is 0 Å². The first-order valence-electron chi connectivity index (χ1n) is 6.56. The summed E-state index contributed by atoms with van der Waals surface area (Å²) in [7, 11) is 0. The molecule has 0 aromatic carbocycles. The molecule has 2 N–H and O–H groups in total. The molecule has 2 fully saturated rings. The van der Waals surface area contributed by atoms with Crippen LogP contribution in [0.2, 0.25) is 0 Å². The number of carbonyl (C=O) groups is 2. The van der Waals surface area contributed by atoms with Crippen molar-refractivity contribution in [1.82, 2.24) is 10.2 Å². The van der Waals surface area contributed by atoms with Crippen molar-refractivity contribution in [3.8, 4) is 0 Å². The lowest BCUT2D eigenvalue weighted by atomic mass is 10.1. The molecular weight excluding hydrogens is 252 g/mol. The molecule has 102 valence electrons. The Kier molecular flexibility index (Phi) is 4.74. The fourth-order valence-electron chi connectivity index (χ4n) is 2.53. The summed E-state index contributed by atoms with van der Waals surface area (Å²) in [6.07, 6.45) is 6.83. The fraction of sp³-hybridized carbons (Fsp3) is 0.833. The fourth-order valence-corrected chi connectivity index (χ4v) is 3.67. The van der Waals surface area contributed by atoms with E-state index in [-0.39, 0.29) is 12.1 Å². The van der Waals surface area contributed by atoms with Crippen LogP contribution in [0.15, 0.2) is 0 Å². The molecule has 0 unspecified atom stereocenters. The first-order valence-corrected chi connectivity index (χ1v) is 7.71. The zero-order valence-corrected chi connectivity index (χ0v) is 11.2. The molecule has 1 heterocycles. The summed E-state index contributed by atoms with van der Waals surface area (Å²) in [5.74, 6) is 0.0687. The quantitative estimate of drug-likeness (QED) is 0.753. The number of hydrogen-bond acceptors (Lipinski definition) is 3. The van der Waals surface area contributed by atoms with Gasteiger partial charge in [-0.15, -0.1) is 11.8 Å². The van der Waals surface area contributed by atoms with E-state index in [1.807, 2.05) is 0 Å². The summed E-state index contributed by atoms with van der Waals surface area (Å²) in [6.45, 7) is 0. The van der Waals surface area contributed by atoms with Crippen molar-refractivity contribution in [2.75, 3.05) is 11.6 Å². The second-order valence-corrected chi connectivity index (χ2v) is 5.96. The zero-order valence-electron chi connectivity index (χ0n) is 10.4. The first kappa shape index (κ1) is 13.5. The number of carbonyl (C=O) groups excluding carboxylic acids is 1. The van der Waals surface area contributed by atoms with E-state index in [2.05, 4.69) is 5.32 Å². The first-order chi connectivity index (χ1) is 8.68. The third-order valence-corrected chi connectivity index (χ3v) is 4.62. The number of nitrogens with zero attached hydrogens (tertiary/aromatic N) is 1. The molecule has 18 heavy (non-hydrogen) atoms. The van der Waals surface area contributed by atoms with Crippen LogP contribution < -0.4 is 5.32 Å². The maximum Gasteiger partial charge on any atom is 0.327 e. The normalized spacial score (nSPS) is 25.8. The SMILES string of the molecule is O=C(O)[C@@H]1CSCN1C(=O)NC1CCCCCC1. The van der Waals surface area contributed by atoms with E-state index in [1.165, 1.54) is 29.5 Å². The number of carboxylic acids is 1. The average molecular weight is 272 g/mol. The molecule has 1 saturated carbocycles. The molecule has 6 heteroatoms. The van der Waals surface area contributed by atoms with Gasteiger partial charge in [-0.05, 0) is 12.8 Å².